The third-order valence-corrected chi connectivity index (χ3v) is 11.3. The van der Waals surface area contributed by atoms with Gasteiger partial charge < -0.3 is 74.8 Å². The summed E-state index contributed by atoms with van der Waals surface area (Å²) in [5.74, 6) is -13.1. The number of hydrogen-bond donors (Lipinski definition) is 14. The van der Waals surface area contributed by atoms with E-state index in [0.717, 1.165) is 0 Å². The van der Waals surface area contributed by atoms with Crippen LogP contribution in [0.15, 0.2) is 54.6 Å². The molecule has 0 fully saturated rings. The molecule has 0 radical (unpaired) electrons. The van der Waals surface area contributed by atoms with Gasteiger partial charge in [-0.2, -0.15) is 0 Å². The third-order valence-electron chi connectivity index (χ3n) is 11.3. The van der Waals surface area contributed by atoms with Gasteiger partial charge in [0.05, 0.1) is 12.5 Å². The molecule has 2 aromatic carbocycles. The normalized spacial score (nSPS) is 14.4. The molecule has 0 aliphatic carbocycles. The van der Waals surface area contributed by atoms with Crippen LogP contribution in [-0.4, -0.2) is 140 Å². The van der Waals surface area contributed by atoms with Gasteiger partial charge in [-0.1, -0.05) is 70.2 Å². The fourth-order valence-electron chi connectivity index (χ4n) is 7.19. The second-order valence-corrected chi connectivity index (χ2v) is 18.1. The van der Waals surface area contributed by atoms with Gasteiger partial charge in [-0.3, -0.25) is 47.9 Å². The number of carboxylic acid groups (broad SMARTS) is 3. The summed E-state index contributed by atoms with van der Waals surface area (Å²) in [7, 11) is 0. The zero-order chi connectivity index (χ0) is 54.9. The fourth-order valence-corrected chi connectivity index (χ4v) is 7.19. The average Bonchev–Trinajstić information content (AvgIpc) is 3.31. The van der Waals surface area contributed by atoms with Crippen molar-refractivity contribution in [1.82, 2.24) is 37.2 Å². The minimum absolute atomic E-state index is 0.0685. The molecular weight excluding hydrogens is 957 g/mol. The van der Waals surface area contributed by atoms with Crippen LogP contribution in [0.25, 0.3) is 0 Å². The maximum Gasteiger partial charge on any atom is 0.326 e. The van der Waals surface area contributed by atoms with E-state index in [1.807, 2.05) is 0 Å². The number of phenols is 1. The van der Waals surface area contributed by atoms with Gasteiger partial charge in [0, 0.05) is 25.7 Å². The number of carbonyl (C=O) groups excluding carboxylic acids is 8. The zero-order valence-electron chi connectivity index (χ0n) is 41.3. The maximum absolute atomic E-state index is 14.3. The minimum Gasteiger partial charge on any atom is -0.508 e. The second kappa shape index (κ2) is 30.9. The molecule has 402 valence electrons. The molecule has 17 N–H and O–H groups in total. The van der Waals surface area contributed by atoms with E-state index in [9.17, 15) is 73.2 Å². The van der Waals surface area contributed by atoms with E-state index < -0.39 is 157 Å². The maximum atomic E-state index is 14.3. The van der Waals surface area contributed by atoms with Crippen molar-refractivity contribution in [2.75, 3.05) is 6.54 Å². The lowest BCUT2D eigenvalue weighted by Gasteiger charge is -2.29. The van der Waals surface area contributed by atoms with Gasteiger partial charge in [0.15, 0.2) is 0 Å². The molecule has 0 bridgehead atoms. The number of nitrogens with two attached hydrogens (primary N) is 3. The Bertz CT molecular complexity index is 2230. The Hall–Kier alpha value is -7.67. The minimum atomic E-state index is -1.75. The number of phenolic OH excluding ortho intramolecular Hbond substituents is 1. The molecular formula is C48H70N10O15. The molecule has 2 aromatic rings. The smallest absolute Gasteiger partial charge is 0.326 e. The number of aromatic hydroxyl groups is 1. The van der Waals surface area contributed by atoms with E-state index in [-0.39, 0.29) is 31.6 Å². The molecule has 73 heavy (non-hydrogen) atoms. The number of amides is 8. The Balaban J connectivity index is 2.51. The summed E-state index contributed by atoms with van der Waals surface area (Å²) >= 11 is 0. The van der Waals surface area contributed by atoms with E-state index in [1.54, 1.807) is 58.0 Å². The van der Waals surface area contributed by atoms with Gasteiger partial charge in [0.1, 0.15) is 48.0 Å². The van der Waals surface area contributed by atoms with Crippen LogP contribution in [0.3, 0.4) is 0 Å². The molecule has 0 saturated carbocycles. The first-order chi connectivity index (χ1) is 34.3. The van der Waals surface area contributed by atoms with E-state index >= 15 is 0 Å². The number of primary amides is 1. The number of nitrogens with one attached hydrogen (secondary N) is 7. The average molecular weight is 1030 g/mol. The summed E-state index contributed by atoms with van der Waals surface area (Å²) < 4.78 is 0. The zero-order valence-corrected chi connectivity index (χ0v) is 41.3. The van der Waals surface area contributed by atoms with Gasteiger partial charge in [0.25, 0.3) is 0 Å². The van der Waals surface area contributed by atoms with Crippen molar-refractivity contribution >= 4 is 65.2 Å². The van der Waals surface area contributed by atoms with Gasteiger partial charge in [-0.15, -0.1) is 0 Å². The molecule has 25 nitrogen and oxygen atoms in total. The number of aliphatic carboxylic acids is 3. The molecule has 0 saturated heterocycles. The van der Waals surface area contributed by atoms with Crippen LogP contribution in [0, 0.1) is 11.8 Å². The summed E-state index contributed by atoms with van der Waals surface area (Å²) in [5, 5.41) is 55.9. The quantitative estimate of drug-likeness (QED) is 0.0345. The van der Waals surface area contributed by atoms with E-state index in [4.69, 9.17) is 17.2 Å². The third kappa shape index (κ3) is 22.5. The Kier molecular flexibility index (Phi) is 26.0. The monoisotopic (exact) mass is 1030 g/mol. The van der Waals surface area contributed by atoms with Crippen LogP contribution in [0.2, 0.25) is 0 Å². The first-order valence-electron chi connectivity index (χ1n) is 23.7. The summed E-state index contributed by atoms with van der Waals surface area (Å²) in [6.45, 7) is 6.65. The van der Waals surface area contributed by atoms with Crippen LogP contribution in [0.4, 0.5) is 0 Å². The molecule has 8 atom stereocenters. The number of rotatable bonds is 33. The van der Waals surface area contributed by atoms with E-state index in [2.05, 4.69) is 37.2 Å². The molecule has 0 heterocycles. The molecule has 25 heteroatoms. The standard InChI is InChI=1S/C48H70N10O15/c1-25(2)39(47(71)54-31(12-8-9-21-49)44(68)58-40(26(3)4)48(72)73)57-46(70)35(22-27-10-6-5-7-11-27)56-43(67)33(18-20-38(63)64)52-42(66)32(17-19-37(61)62)53-45(69)34(23-28-13-15-29(59)16-14-28)55-41(65)30(50)24-36(51)60/h5-7,10-11,13-16,25-26,30-35,39-40,59H,8-9,12,17-24,49-50H2,1-4H3,(H2,51,60)(H,52,66)(H,53,69)(H,54,71)(H,55,65)(H,56,67)(H,57,70)(H,58,68)(H,61,62)(H,63,64)(H,72,73). The molecule has 0 aliphatic heterocycles. The van der Waals surface area contributed by atoms with Crippen molar-refractivity contribution in [3.8, 4) is 5.75 Å². The molecule has 8 amide bonds. The van der Waals surface area contributed by atoms with Crippen molar-refractivity contribution in [2.24, 2.45) is 29.0 Å². The second-order valence-electron chi connectivity index (χ2n) is 18.1. The highest BCUT2D eigenvalue weighted by Gasteiger charge is 2.36. The number of unbranched alkanes of at least 4 members (excludes halogenated alkanes) is 1. The van der Waals surface area contributed by atoms with Crippen LogP contribution in [0.5, 0.6) is 5.75 Å². The first kappa shape index (κ1) is 61.4. The molecule has 0 spiro atoms. The lowest BCUT2D eigenvalue weighted by Crippen LogP contribution is -2.61. The SMILES string of the molecule is CC(C)C(NC(=O)C(CCCCN)NC(=O)C(NC(=O)C(Cc1ccccc1)NC(=O)C(CCC(=O)O)NC(=O)C(CCC(=O)O)NC(=O)C(Cc1ccc(O)cc1)NC(=O)C(N)CC(N)=O)C(C)C)C(=O)O. The van der Waals surface area contributed by atoms with Crippen LogP contribution < -0.4 is 54.4 Å². The predicted octanol–water partition coefficient (Wildman–Crippen LogP) is -1.97. The Morgan fingerprint density at radius 3 is 1.34 bits per heavy atom. The highest BCUT2D eigenvalue weighted by molar-refractivity contribution is 5.98. The summed E-state index contributed by atoms with van der Waals surface area (Å²) in [5.41, 5.74) is 17.5. The molecule has 0 aliphatic rings. The Morgan fingerprint density at radius 2 is 0.890 bits per heavy atom. The summed E-state index contributed by atoms with van der Waals surface area (Å²) in [4.78, 5) is 144. The lowest BCUT2D eigenvalue weighted by molar-refractivity contribution is -0.143. The topological polar surface area (TPSA) is 431 Å². The lowest BCUT2D eigenvalue weighted by atomic mass is 9.99. The molecule has 8 unspecified atom stereocenters. The van der Waals surface area contributed by atoms with Crippen molar-refractivity contribution in [2.45, 2.75) is 140 Å². The van der Waals surface area contributed by atoms with Crippen molar-refractivity contribution in [1.29, 1.82) is 0 Å². The molecule has 2 rings (SSSR count). The van der Waals surface area contributed by atoms with Crippen molar-refractivity contribution in [3.05, 3.63) is 65.7 Å². The predicted molar refractivity (Wildman–Crippen MR) is 261 cm³/mol. The summed E-state index contributed by atoms with van der Waals surface area (Å²) in [6.07, 6.45) is -2.79. The van der Waals surface area contributed by atoms with E-state index in [0.29, 0.717) is 24.0 Å². The molecule has 0 aromatic heterocycles. The van der Waals surface area contributed by atoms with Gasteiger partial charge >= 0.3 is 17.9 Å². The number of hydrogen-bond acceptors (Lipinski definition) is 14. The van der Waals surface area contributed by atoms with Crippen LogP contribution in [-0.2, 0) is 65.6 Å². The summed E-state index contributed by atoms with van der Waals surface area (Å²) in [6, 6.07) is 1.75. The highest BCUT2D eigenvalue weighted by atomic mass is 16.4. The Morgan fingerprint density at radius 1 is 0.493 bits per heavy atom. The van der Waals surface area contributed by atoms with Crippen molar-refractivity contribution in [3.63, 3.8) is 0 Å². The number of benzene rings is 2. The fraction of sp³-hybridized carbons (Fsp3) is 0.521. The van der Waals surface area contributed by atoms with Crippen LogP contribution >= 0.6 is 0 Å². The first-order valence-corrected chi connectivity index (χ1v) is 23.7. The van der Waals surface area contributed by atoms with E-state index in [1.165, 1.54) is 24.3 Å². The largest absolute Gasteiger partial charge is 0.508 e. The van der Waals surface area contributed by atoms with Crippen LogP contribution in [0.1, 0.15) is 90.2 Å². The van der Waals surface area contributed by atoms with Gasteiger partial charge in [0.2, 0.25) is 47.3 Å². The number of carbonyl (C=O) groups is 11. The highest BCUT2D eigenvalue weighted by Crippen LogP contribution is 2.14. The van der Waals surface area contributed by atoms with Crippen molar-refractivity contribution < 1.29 is 73.2 Å². The number of carboxylic acids is 3. The Labute approximate surface area is 421 Å². The van der Waals surface area contributed by atoms with Gasteiger partial charge in [-0.05, 0) is 73.7 Å². The van der Waals surface area contributed by atoms with Gasteiger partial charge in [-0.25, -0.2) is 4.79 Å².